The molecule has 0 aliphatic rings. The molecule has 1 amide bonds. The Balaban J connectivity index is 2.34. The Morgan fingerprint density at radius 3 is 2.52 bits per heavy atom. The molecule has 21 heavy (non-hydrogen) atoms. The molecule has 3 N–H and O–H groups in total. The molecule has 116 valence electrons. The first-order valence-corrected chi connectivity index (χ1v) is 7.88. The number of esters is 1. The molecule has 0 aromatic heterocycles. The molecule has 1 rings (SSSR count). The van der Waals surface area contributed by atoms with Crippen molar-refractivity contribution in [3.63, 3.8) is 0 Å². The van der Waals surface area contributed by atoms with Gasteiger partial charge in [0.2, 0.25) is 5.91 Å². The van der Waals surface area contributed by atoms with Gasteiger partial charge in [-0.3, -0.25) is 9.59 Å². The van der Waals surface area contributed by atoms with Gasteiger partial charge < -0.3 is 15.8 Å². The summed E-state index contributed by atoms with van der Waals surface area (Å²) < 4.78 is 4.54. The fourth-order valence-corrected chi connectivity index (χ4v) is 2.65. The number of nitrogens with one attached hydrogen (secondary N) is 1. The quantitative estimate of drug-likeness (QED) is 0.593. The van der Waals surface area contributed by atoms with Gasteiger partial charge in [-0.05, 0) is 37.1 Å². The van der Waals surface area contributed by atoms with Gasteiger partial charge in [0.25, 0.3) is 0 Å². The maximum atomic E-state index is 11.9. The lowest BCUT2D eigenvalue weighted by Crippen LogP contribution is -2.32. The minimum Gasteiger partial charge on any atom is -0.468 e. The van der Waals surface area contributed by atoms with Crippen LogP contribution in [0.15, 0.2) is 18.2 Å². The molecular formula is C15H22N2O3S. The number of benzene rings is 1. The van der Waals surface area contributed by atoms with Crippen molar-refractivity contribution < 1.29 is 14.3 Å². The number of methoxy groups -OCH3 is 1. The van der Waals surface area contributed by atoms with Crippen molar-refractivity contribution in [2.24, 2.45) is 5.73 Å². The van der Waals surface area contributed by atoms with Gasteiger partial charge in [-0.25, -0.2) is 0 Å². The molecule has 0 heterocycles. The molecule has 1 aromatic carbocycles. The van der Waals surface area contributed by atoms with E-state index in [2.05, 4.69) is 10.1 Å². The number of hydrogen-bond donors (Lipinski definition) is 2. The van der Waals surface area contributed by atoms with Crippen LogP contribution < -0.4 is 11.1 Å². The van der Waals surface area contributed by atoms with Gasteiger partial charge in [0.15, 0.2) is 0 Å². The Bertz CT molecular complexity index is 485. The van der Waals surface area contributed by atoms with Crippen molar-refractivity contribution >= 4 is 29.3 Å². The Morgan fingerprint density at radius 2 is 1.95 bits per heavy atom. The first-order valence-electron chi connectivity index (χ1n) is 6.73. The summed E-state index contributed by atoms with van der Waals surface area (Å²) in [6.45, 7) is 3.93. The van der Waals surface area contributed by atoms with Gasteiger partial charge in [-0.15, -0.1) is 0 Å². The summed E-state index contributed by atoms with van der Waals surface area (Å²) in [5, 5.41) is 2.92. The number of carbonyl (C=O) groups is 2. The van der Waals surface area contributed by atoms with Crippen LogP contribution in [0.4, 0.5) is 5.69 Å². The van der Waals surface area contributed by atoms with Crippen molar-refractivity contribution in [2.45, 2.75) is 26.3 Å². The zero-order valence-corrected chi connectivity index (χ0v) is 13.5. The number of amides is 1. The van der Waals surface area contributed by atoms with Crippen LogP contribution in [0.1, 0.15) is 17.5 Å². The zero-order chi connectivity index (χ0) is 15.8. The van der Waals surface area contributed by atoms with Crippen LogP contribution in [0.5, 0.6) is 0 Å². The molecule has 0 aliphatic carbocycles. The summed E-state index contributed by atoms with van der Waals surface area (Å²) in [5.41, 5.74) is 8.57. The van der Waals surface area contributed by atoms with Crippen molar-refractivity contribution in [3.05, 3.63) is 29.3 Å². The van der Waals surface area contributed by atoms with Crippen LogP contribution in [0.3, 0.4) is 0 Å². The summed E-state index contributed by atoms with van der Waals surface area (Å²) in [5.74, 6) is 0.498. The predicted octanol–water partition coefficient (Wildman–Crippen LogP) is 1.87. The first-order chi connectivity index (χ1) is 9.95. The molecule has 0 saturated carbocycles. The lowest BCUT2D eigenvalue weighted by Gasteiger charge is -2.12. The van der Waals surface area contributed by atoms with Crippen molar-refractivity contribution in [2.75, 3.05) is 23.9 Å². The predicted molar refractivity (Wildman–Crippen MR) is 86.5 cm³/mol. The molecule has 6 heteroatoms. The van der Waals surface area contributed by atoms with Crippen LogP contribution >= 0.6 is 11.8 Å². The topological polar surface area (TPSA) is 81.4 Å². The molecule has 0 radical (unpaired) electrons. The third-order valence-electron chi connectivity index (χ3n) is 3.06. The second kappa shape index (κ2) is 8.69. The van der Waals surface area contributed by atoms with Crippen LogP contribution in [-0.4, -0.2) is 36.5 Å². The maximum absolute atomic E-state index is 11.9. The molecule has 5 nitrogen and oxygen atoms in total. The number of para-hydroxylation sites is 1. The van der Waals surface area contributed by atoms with Gasteiger partial charge in [-0.1, -0.05) is 18.2 Å². The lowest BCUT2D eigenvalue weighted by molar-refractivity contribution is -0.142. The normalized spacial score (nSPS) is 11.8. The molecule has 1 unspecified atom stereocenters. The van der Waals surface area contributed by atoms with Crippen LogP contribution in [0.25, 0.3) is 0 Å². The highest BCUT2D eigenvalue weighted by Gasteiger charge is 2.13. The second-order valence-corrected chi connectivity index (χ2v) is 5.89. The van der Waals surface area contributed by atoms with Crippen molar-refractivity contribution in [1.82, 2.24) is 0 Å². The van der Waals surface area contributed by atoms with Gasteiger partial charge >= 0.3 is 5.97 Å². The van der Waals surface area contributed by atoms with E-state index in [1.165, 1.54) is 18.9 Å². The molecular weight excluding hydrogens is 288 g/mol. The van der Waals surface area contributed by atoms with E-state index >= 15 is 0 Å². The Labute approximate surface area is 129 Å². The number of nitrogens with two attached hydrogens (primary N) is 1. The van der Waals surface area contributed by atoms with Crippen molar-refractivity contribution in [1.29, 1.82) is 0 Å². The summed E-state index contributed by atoms with van der Waals surface area (Å²) in [6, 6.07) is 5.27. The number of anilines is 1. The minimum atomic E-state index is -0.621. The Morgan fingerprint density at radius 1 is 1.33 bits per heavy atom. The smallest absolute Gasteiger partial charge is 0.322 e. The monoisotopic (exact) mass is 310 g/mol. The van der Waals surface area contributed by atoms with E-state index in [0.29, 0.717) is 17.9 Å². The summed E-state index contributed by atoms with van der Waals surface area (Å²) in [7, 11) is 1.31. The molecule has 0 spiro atoms. The average Bonchev–Trinajstić information content (AvgIpc) is 2.46. The third-order valence-corrected chi connectivity index (χ3v) is 4.05. The van der Waals surface area contributed by atoms with Gasteiger partial charge in [0, 0.05) is 5.69 Å². The zero-order valence-electron chi connectivity index (χ0n) is 12.6. The molecule has 0 aliphatic heterocycles. The van der Waals surface area contributed by atoms with Crippen LogP contribution in [0.2, 0.25) is 0 Å². The number of ether oxygens (including phenoxy) is 1. The molecule has 0 saturated heterocycles. The van der Waals surface area contributed by atoms with E-state index in [-0.39, 0.29) is 5.91 Å². The summed E-state index contributed by atoms with van der Waals surface area (Å²) >= 11 is 1.45. The van der Waals surface area contributed by atoms with E-state index in [1.807, 2.05) is 32.0 Å². The molecule has 1 atom stereocenters. The fourth-order valence-electron chi connectivity index (χ4n) is 1.83. The number of hydrogen-bond acceptors (Lipinski definition) is 5. The molecule has 1 aromatic rings. The average molecular weight is 310 g/mol. The molecule has 0 bridgehead atoms. The van der Waals surface area contributed by atoms with E-state index < -0.39 is 12.0 Å². The highest BCUT2D eigenvalue weighted by Crippen LogP contribution is 2.19. The van der Waals surface area contributed by atoms with Gasteiger partial charge in [-0.2, -0.15) is 11.8 Å². The highest BCUT2D eigenvalue weighted by molar-refractivity contribution is 7.99. The Hall–Kier alpha value is -1.53. The van der Waals surface area contributed by atoms with E-state index in [0.717, 1.165) is 16.8 Å². The van der Waals surface area contributed by atoms with E-state index in [1.54, 1.807) is 0 Å². The SMILES string of the molecule is COC(=O)C(N)CCSCC(=O)Nc1c(C)cccc1C. The van der Waals surface area contributed by atoms with E-state index in [4.69, 9.17) is 5.73 Å². The van der Waals surface area contributed by atoms with Crippen molar-refractivity contribution in [3.8, 4) is 0 Å². The highest BCUT2D eigenvalue weighted by atomic mass is 32.2. The lowest BCUT2D eigenvalue weighted by atomic mass is 10.1. The standard InChI is InChI=1S/C15H22N2O3S/c1-10-5-4-6-11(2)14(10)17-13(18)9-21-8-7-12(16)15(19)20-3/h4-6,12H,7-9,16H2,1-3H3,(H,17,18). The second-order valence-electron chi connectivity index (χ2n) is 4.79. The summed E-state index contributed by atoms with van der Waals surface area (Å²) in [6.07, 6.45) is 0.494. The Kier molecular flexibility index (Phi) is 7.25. The number of rotatable bonds is 7. The van der Waals surface area contributed by atoms with Crippen LogP contribution in [0, 0.1) is 13.8 Å². The van der Waals surface area contributed by atoms with Gasteiger partial charge in [0.05, 0.1) is 12.9 Å². The largest absolute Gasteiger partial charge is 0.468 e. The maximum Gasteiger partial charge on any atom is 0.322 e. The van der Waals surface area contributed by atoms with E-state index in [9.17, 15) is 9.59 Å². The van der Waals surface area contributed by atoms with Gasteiger partial charge in [0.1, 0.15) is 6.04 Å². The third kappa shape index (κ3) is 5.77. The molecule has 0 fully saturated rings. The minimum absolute atomic E-state index is 0.0518. The number of carbonyl (C=O) groups excluding carboxylic acids is 2. The first kappa shape index (κ1) is 17.5. The number of aryl methyl sites for hydroxylation is 2. The van der Waals surface area contributed by atoms with Crippen LogP contribution in [-0.2, 0) is 14.3 Å². The fraction of sp³-hybridized carbons (Fsp3) is 0.467. The number of thioether (sulfide) groups is 1. The summed E-state index contributed by atoms with van der Waals surface area (Å²) in [4.78, 5) is 23.0.